The number of hydrogen-bond acceptors (Lipinski definition) is 5. The van der Waals surface area contributed by atoms with Crippen molar-refractivity contribution in [2.45, 2.75) is 0 Å². The summed E-state index contributed by atoms with van der Waals surface area (Å²) < 4.78 is 35.4. The first kappa shape index (κ1) is 13.4. The summed E-state index contributed by atoms with van der Waals surface area (Å²) in [5, 5.41) is 7.14. The zero-order valence-electron chi connectivity index (χ0n) is 10.4. The number of hydrogen-bond donors (Lipinski definition) is 4. The van der Waals surface area contributed by atoms with E-state index in [0.717, 1.165) is 6.07 Å². The van der Waals surface area contributed by atoms with Gasteiger partial charge in [-0.2, -0.15) is 5.10 Å². The summed E-state index contributed by atoms with van der Waals surface area (Å²) in [4.78, 5) is 7.82. The van der Waals surface area contributed by atoms with Gasteiger partial charge in [0.25, 0.3) is 11.3 Å². The molecule has 2 aromatic heterocycles. The summed E-state index contributed by atoms with van der Waals surface area (Å²) in [5.74, 6) is -0.383. The first-order valence-corrected chi connectivity index (χ1v) is 6.78. The minimum absolute atomic E-state index is 0.143. The van der Waals surface area contributed by atoms with Crippen molar-refractivity contribution in [3.8, 4) is 11.3 Å². The molecule has 0 aliphatic carbocycles. The van der Waals surface area contributed by atoms with Crippen LogP contribution in [0.25, 0.3) is 22.3 Å². The Bertz CT molecular complexity index is 852. The first-order valence-electron chi connectivity index (χ1n) is 5.67. The second-order valence-corrected chi connectivity index (χ2v) is 4.84. The van der Waals surface area contributed by atoms with E-state index in [2.05, 4.69) is 24.9 Å². The van der Waals surface area contributed by atoms with Gasteiger partial charge in [-0.15, -0.1) is 0 Å². The summed E-state index contributed by atoms with van der Waals surface area (Å²) in [6.07, 6.45) is 1.27. The maximum Gasteiger partial charge on any atom is 0.259 e. The SMILES string of the molecule is Nc1ncnc2n[nH]c(-c3cc(F)cc(NS(=O)O)c3)c12. The molecule has 1 atom stereocenters. The van der Waals surface area contributed by atoms with E-state index in [0.29, 0.717) is 22.3 Å². The van der Waals surface area contributed by atoms with Crippen LogP contribution >= 0.6 is 0 Å². The van der Waals surface area contributed by atoms with Crippen molar-refractivity contribution in [3.05, 3.63) is 30.3 Å². The fraction of sp³-hybridized carbons (Fsp3) is 0. The molecule has 0 saturated heterocycles. The zero-order valence-corrected chi connectivity index (χ0v) is 11.2. The average molecular weight is 308 g/mol. The van der Waals surface area contributed by atoms with Gasteiger partial charge in [0, 0.05) is 5.56 Å². The quantitative estimate of drug-likeness (QED) is 0.539. The number of anilines is 2. The van der Waals surface area contributed by atoms with Gasteiger partial charge in [0.05, 0.1) is 16.8 Å². The minimum atomic E-state index is -2.30. The molecule has 2 heterocycles. The molecule has 1 unspecified atom stereocenters. The molecule has 21 heavy (non-hydrogen) atoms. The molecule has 0 saturated carbocycles. The lowest BCUT2D eigenvalue weighted by molar-refractivity contribution is 0.570. The molecule has 8 nitrogen and oxygen atoms in total. The van der Waals surface area contributed by atoms with Crippen molar-refractivity contribution in [1.82, 2.24) is 20.2 Å². The predicted molar refractivity (Wildman–Crippen MR) is 75.9 cm³/mol. The number of rotatable bonds is 3. The van der Waals surface area contributed by atoms with Gasteiger partial charge in [-0.3, -0.25) is 14.4 Å². The highest BCUT2D eigenvalue weighted by molar-refractivity contribution is 7.80. The van der Waals surface area contributed by atoms with Crippen molar-refractivity contribution < 1.29 is 13.2 Å². The highest BCUT2D eigenvalue weighted by Gasteiger charge is 2.14. The van der Waals surface area contributed by atoms with E-state index < -0.39 is 17.1 Å². The molecule has 0 bridgehead atoms. The van der Waals surface area contributed by atoms with Crippen LogP contribution in [0.15, 0.2) is 24.5 Å². The third-order valence-electron chi connectivity index (χ3n) is 2.77. The van der Waals surface area contributed by atoms with Crippen molar-refractivity contribution in [2.75, 3.05) is 10.5 Å². The maximum absolute atomic E-state index is 13.7. The third kappa shape index (κ3) is 2.53. The van der Waals surface area contributed by atoms with Gasteiger partial charge < -0.3 is 5.73 Å². The fourth-order valence-corrected chi connectivity index (χ4v) is 2.30. The van der Waals surface area contributed by atoms with E-state index >= 15 is 0 Å². The molecule has 108 valence electrons. The van der Waals surface area contributed by atoms with Crippen LogP contribution in [0.4, 0.5) is 15.9 Å². The van der Waals surface area contributed by atoms with Crippen LogP contribution < -0.4 is 10.5 Å². The van der Waals surface area contributed by atoms with Gasteiger partial charge in [0.1, 0.15) is 18.0 Å². The molecule has 0 aliphatic rings. The predicted octanol–water partition coefficient (Wildman–Crippen LogP) is 1.29. The number of fused-ring (bicyclic) bond motifs is 1. The molecule has 0 radical (unpaired) electrons. The van der Waals surface area contributed by atoms with Crippen LogP contribution in [0.5, 0.6) is 0 Å². The minimum Gasteiger partial charge on any atom is -0.383 e. The number of aromatic amines is 1. The maximum atomic E-state index is 13.7. The number of H-pyrrole nitrogens is 1. The standard InChI is InChI=1S/C11H9FN6O2S/c12-6-1-5(2-7(3-6)18-21(19)20)9-8-10(13)14-4-15-11(8)17-16-9/h1-4,18H,(H,19,20)(H3,13,14,15,16,17). The lowest BCUT2D eigenvalue weighted by Gasteiger charge is -2.05. The molecule has 0 amide bonds. The van der Waals surface area contributed by atoms with E-state index in [1.54, 1.807) is 0 Å². The second kappa shape index (κ2) is 5.07. The number of aromatic nitrogens is 4. The smallest absolute Gasteiger partial charge is 0.259 e. The Kier molecular flexibility index (Phi) is 3.23. The van der Waals surface area contributed by atoms with E-state index in [1.165, 1.54) is 18.5 Å². The van der Waals surface area contributed by atoms with Gasteiger partial charge in [0.15, 0.2) is 5.65 Å². The number of benzene rings is 1. The summed E-state index contributed by atoms with van der Waals surface area (Å²) in [6, 6.07) is 3.82. The molecule has 0 aliphatic heterocycles. The van der Waals surface area contributed by atoms with Gasteiger partial charge in [0.2, 0.25) is 0 Å². The largest absolute Gasteiger partial charge is 0.383 e. The zero-order chi connectivity index (χ0) is 15.0. The lowest BCUT2D eigenvalue weighted by atomic mass is 10.1. The van der Waals surface area contributed by atoms with Gasteiger partial charge in [-0.1, -0.05) is 0 Å². The Labute approximate surface area is 120 Å². The molecule has 1 aromatic carbocycles. The topological polar surface area (TPSA) is 130 Å². The number of nitrogen functional groups attached to an aromatic ring is 1. The fourth-order valence-electron chi connectivity index (χ4n) is 1.98. The summed E-state index contributed by atoms with van der Waals surface area (Å²) in [6.45, 7) is 0. The first-order chi connectivity index (χ1) is 10.0. The van der Waals surface area contributed by atoms with E-state index in [9.17, 15) is 8.60 Å². The van der Waals surface area contributed by atoms with Crippen molar-refractivity contribution in [1.29, 1.82) is 0 Å². The van der Waals surface area contributed by atoms with Crippen LogP contribution in [0.3, 0.4) is 0 Å². The molecular formula is C11H9FN6O2S. The monoisotopic (exact) mass is 308 g/mol. The molecule has 0 spiro atoms. The van der Waals surface area contributed by atoms with Crippen molar-refractivity contribution in [2.24, 2.45) is 0 Å². The Morgan fingerprint density at radius 1 is 1.33 bits per heavy atom. The van der Waals surface area contributed by atoms with Crippen molar-refractivity contribution in [3.63, 3.8) is 0 Å². The Morgan fingerprint density at radius 3 is 2.90 bits per heavy atom. The van der Waals surface area contributed by atoms with Crippen LogP contribution in [-0.2, 0) is 11.3 Å². The third-order valence-corrected chi connectivity index (χ3v) is 3.18. The number of nitrogens with one attached hydrogen (secondary N) is 2. The van der Waals surface area contributed by atoms with E-state index in [1.807, 2.05) is 0 Å². The van der Waals surface area contributed by atoms with Crippen LogP contribution in [0.2, 0.25) is 0 Å². The molecule has 0 fully saturated rings. The average Bonchev–Trinajstić information content (AvgIpc) is 2.82. The number of halogens is 1. The Hall–Kier alpha value is -2.59. The highest BCUT2D eigenvalue weighted by Crippen LogP contribution is 2.30. The summed E-state index contributed by atoms with van der Waals surface area (Å²) >= 11 is -2.30. The molecule has 10 heteroatoms. The molecular weight excluding hydrogens is 299 g/mol. The normalized spacial score (nSPS) is 12.5. The molecule has 5 N–H and O–H groups in total. The van der Waals surface area contributed by atoms with E-state index in [4.69, 9.17) is 10.3 Å². The summed E-state index contributed by atoms with van der Waals surface area (Å²) in [7, 11) is 0. The van der Waals surface area contributed by atoms with Gasteiger partial charge in [-0.05, 0) is 18.2 Å². The van der Waals surface area contributed by atoms with Crippen molar-refractivity contribution >= 4 is 33.8 Å². The Morgan fingerprint density at radius 2 is 2.14 bits per heavy atom. The summed E-state index contributed by atoms with van der Waals surface area (Å²) in [5.41, 5.74) is 7.10. The van der Waals surface area contributed by atoms with Crippen LogP contribution in [0.1, 0.15) is 0 Å². The second-order valence-electron chi connectivity index (χ2n) is 4.14. The van der Waals surface area contributed by atoms with Gasteiger partial charge >= 0.3 is 0 Å². The lowest BCUT2D eigenvalue weighted by Crippen LogP contribution is -2.02. The van der Waals surface area contributed by atoms with E-state index in [-0.39, 0.29) is 11.5 Å². The highest BCUT2D eigenvalue weighted by atomic mass is 32.2. The number of nitrogens with two attached hydrogens (primary N) is 1. The van der Waals surface area contributed by atoms with Crippen LogP contribution in [0, 0.1) is 5.82 Å². The van der Waals surface area contributed by atoms with Gasteiger partial charge in [-0.25, -0.2) is 18.6 Å². The molecule has 3 aromatic rings. The Balaban J connectivity index is 2.18. The molecule has 3 rings (SSSR count). The van der Waals surface area contributed by atoms with Crippen LogP contribution in [-0.4, -0.2) is 28.9 Å². The number of nitrogens with zero attached hydrogens (tertiary/aromatic N) is 3.